The zero-order valence-corrected chi connectivity index (χ0v) is 19.6. The summed E-state index contributed by atoms with van der Waals surface area (Å²) in [5, 5.41) is 8.87. The molecule has 6 nitrogen and oxygen atoms in total. The number of aliphatic imine (C=N–C) groups is 1. The maximum Gasteiger partial charge on any atom is 0.422 e. The maximum absolute atomic E-state index is 12.3. The van der Waals surface area contributed by atoms with Crippen LogP contribution >= 0.6 is 24.0 Å². The Morgan fingerprint density at radius 2 is 1.77 bits per heavy atom. The molecule has 0 bridgehead atoms. The number of carbonyl (C=O) groups excluding carboxylic acids is 1. The first kappa shape index (κ1) is 26.5. The van der Waals surface area contributed by atoms with Crippen LogP contribution in [0.15, 0.2) is 53.5 Å². The highest BCUT2D eigenvalue weighted by Crippen LogP contribution is 2.19. The molecular weight excluding hydrogens is 524 g/mol. The number of hydrogen-bond acceptors (Lipinski definition) is 3. The average molecular weight is 550 g/mol. The molecule has 3 N–H and O–H groups in total. The summed E-state index contributed by atoms with van der Waals surface area (Å²) in [4.78, 5) is 15.8. The number of alkyl halides is 3. The number of nitrogens with zero attached hydrogens (tertiary/aromatic N) is 1. The van der Waals surface area contributed by atoms with Gasteiger partial charge < -0.3 is 20.7 Å². The number of guanidine groups is 1. The molecule has 0 heterocycles. The first-order valence-corrected chi connectivity index (χ1v) is 9.35. The summed E-state index contributed by atoms with van der Waals surface area (Å²) in [5.41, 5.74) is 2.37. The SMILES string of the molecule is CN=C(NCCc1cccc(C(=O)NC)c1)NCc1cccc(OCC(F)(F)F)c1.I. The van der Waals surface area contributed by atoms with Crippen molar-refractivity contribution in [1.29, 1.82) is 0 Å². The number of halogens is 4. The molecule has 0 aliphatic rings. The fourth-order valence-electron chi connectivity index (χ4n) is 2.65. The topological polar surface area (TPSA) is 74.8 Å². The summed E-state index contributed by atoms with van der Waals surface area (Å²) >= 11 is 0. The van der Waals surface area contributed by atoms with Gasteiger partial charge in [-0.05, 0) is 41.8 Å². The Labute approximate surface area is 196 Å². The number of nitrogens with one attached hydrogen (secondary N) is 3. The van der Waals surface area contributed by atoms with Gasteiger partial charge in [0.05, 0.1) is 0 Å². The van der Waals surface area contributed by atoms with Crippen LogP contribution in [0.2, 0.25) is 0 Å². The van der Waals surface area contributed by atoms with Crippen molar-refractivity contribution in [2.75, 3.05) is 27.2 Å². The van der Waals surface area contributed by atoms with E-state index in [0.717, 1.165) is 11.1 Å². The minimum absolute atomic E-state index is 0. The van der Waals surface area contributed by atoms with Crippen LogP contribution in [0.1, 0.15) is 21.5 Å². The van der Waals surface area contributed by atoms with E-state index in [2.05, 4.69) is 20.9 Å². The van der Waals surface area contributed by atoms with Gasteiger partial charge in [0, 0.05) is 32.7 Å². The molecule has 2 rings (SSSR count). The summed E-state index contributed by atoms with van der Waals surface area (Å²) in [7, 11) is 3.22. The molecule has 0 aliphatic carbocycles. The zero-order chi connectivity index (χ0) is 22.0. The minimum atomic E-state index is -4.37. The van der Waals surface area contributed by atoms with Gasteiger partial charge in [0.15, 0.2) is 12.6 Å². The summed E-state index contributed by atoms with van der Waals surface area (Å²) < 4.78 is 41.6. The van der Waals surface area contributed by atoms with Gasteiger partial charge in [0.2, 0.25) is 0 Å². The molecule has 0 aliphatic heterocycles. The quantitative estimate of drug-likeness (QED) is 0.267. The highest BCUT2D eigenvalue weighted by Gasteiger charge is 2.28. The van der Waals surface area contributed by atoms with Gasteiger partial charge in [-0.3, -0.25) is 9.79 Å². The molecule has 0 radical (unpaired) electrons. The Morgan fingerprint density at radius 3 is 2.45 bits per heavy atom. The average Bonchev–Trinajstić information content (AvgIpc) is 2.74. The molecule has 2 aromatic carbocycles. The van der Waals surface area contributed by atoms with E-state index in [1.54, 1.807) is 38.4 Å². The lowest BCUT2D eigenvalue weighted by Crippen LogP contribution is -2.37. The number of hydrogen-bond donors (Lipinski definition) is 3. The standard InChI is InChI=1S/C21H25F3N4O2.HI/c1-25-19(29)17-7-3-5-15(11-17)9-10-27-20(26-2)28-13-16-6-4-8-18(12-16)30-14-21(22,23)24;/h3-8,11-12H,9-10,13-14H2,1-2H3,(H,25,29)(H2,26,27,28);1H. The minimum Gasteiger partial charge on any atom is -0.484 e. The third-order valence-corrected chi connectivity index (χ3v) is 4.11. The van der Waals surface area contributed by atoms with Gasteiger partial charge in [0.25, 0.3) is 5.91 Å². The summed E-state index contributed by atoms with van der Waals surface area (Å²) in [6.45, 7) is -0.366. The Balaban J connectivity index is 0.00000480. The molecule has 0 aromatic heterocycles. The summed E-state index contributed by atoms with van der Waals surface area (Å²) in [5.74, 6) is 0.577. The first-order chi connectivity index (χ1) is 14.3. The highest BCUT2D eigenvalue weighted by atomic mass is 127. The molecular formula is C21H26F3IN4O2. The van der Waals surface area contributed by atoms with Crippen LogP contribution in [0.4, 0.5) is 13.2 Å². The predicted molar refractivity (Wildman–Crippen MR) is 125 cm³/mol. The molecule has 0 fully saturated rings. The predicted octanol–water partition coefficient (Wildman–Crippen LogP) is 3.51. The number of benzene rings is 2. The van der Waals surface area contributed by atoms with E-state index in [0.29, 0.717) is 31.0 Å². The van der Waals surface area contributed by atoms with Crippen LogP contribution in [-0.4, -0.2) is 45.3 Å². The Kier molecular flexibility index (Phi) is 11.2. The lowest BCUT2D eigenvalue weighted by atomic mass is 10.1. The van der Waals surface area contributed by atoms with Crippen LogP contribution in [0.3, 0.4) is 0 Å². The van der Waals surface area contributed by atoms with Crippen molar-refractivity contribution in [3.05, 3.63) is 65.2 Å². The second-order valence-corrected chi connectivity index (χ2v) is 6.43. The second kappa shape index (κ2) is 13.0. The number of rotatable bonds is 8. The molecule has 0 saturated heterocycles. The molecule has 0 unspecified atom stereocenters. The van der Waals surface area contributed by atoms with E-state index in [9.17, 15) is 18.0 Å². The van der Waals surface area contributed by atoms with Crippen LogP contribution < -0.4 is 20.7 Å². The van der Waals surface area contributed by atoms with Gasteiger partial charge in [-0.2, -0.15) is 13.2 Å². The smallest absolute Gasteiger partial charge is 0.422 e. The van der Waals surface area contributed by atoms with Crippen molar-refractivity contribution in [2.45, 2.75) is 19.1 Å². The Morgan fingerprint density at radius 1 is 1.06 bits per heavy atom. The summed E-state index contributed by atoms with van der Waals surface area (Å²) in [6.07, 6.45) is -3.69. The van der Waals surface area contributed by atoms with Gasteiger partial charge in [-0.25, -0.2) is 0 Å². The lowest BCUT2D eigenvalue weighted by Gasteiger charge is -2.13. The van der Waals surface area contributed by atoms with Crippen molar-refractivity contribution in [3.63, 3.8) is 0 Å². The van der Waals surface area contributed by atoms with Gasteiger partial charge in [-0.1, -0.05) is 24.3 Å². The van der Waals surface area contributed by atoms with Crippen LogP contribution in [0.25, 0.3) is 0 Å². The Hall–Kier alpha value is -2.50. The molecule has 0 atom stereocenters. The van der Waals surface area contributed by atoms with Crippen molar-refractivity contribution < 1.29 is 22.7 Å². The van der Waals surface area contributed by atoms with E-state index in [1.807, 2.05) is 18.2 Å². The third-order valence-electron chi connectivity index (χ3n) is 4.11. The van der Waals surface area contributed by atoms with E-state index >= 15 is 0 Å². The van der Waals surface area contributed by atoms with Gasteiger partial charge in [0.1, 0.15) is 5.75 Å². The van der Waals surface area contributed by atoms with Crippen molar-refractivity contribution >= 4 is 35.8 Å². The van der Waals surface area contributed by atoms with Crippen LogP contribution in [-0.2, 0) is 13.0 Å². The summed E-state index contributed by atoms with van der Waals surface area (Å²) in [6, 6.07) is 13.8. The molecule has 31 heavy (non-hydrogen) atoms. The third kappa shape index (κ3) is 9.90. The second-order valence-electron chi connectivity index (χ2n) is 6.43. The van der Waals surface area contributed by atoms with E-state index in [4.69, 9.17) is 4.74 Å². The highest BCUT2D eigenvalue weighted by molar-refractivity contribution is 14.0. The molecule has 1 amide bonds. The lowest BCUT2D eigenvalue weighted by molar-refractivity contribution is -0.153. The van der Waals surface area contributed by atoms with Crippen molar-refractivity contribution in [2.24, 2.45) is 4.99 Å². The molecule has 170 valence electrons. The normalized spacial score (nSPS) is 11.3. The number of carbonyl (C=O) groups is 1. The molecule has 2 aromatic rings. The fraction of sp³-hybridized carbons (Fsp3) is 0.333. The molecule has 10 heteroatoms. The van der Waals surface area contributed by atoms with Crippen molar-refractivity contribution in [3.8, 4) is 5.75 Å². The molecule has 0 spiro atoms. The van der Waals surface area contributed by atoms with Gasteiger partial charge in [-0.15, -0.1) is 24.0 Å². The zero-order valence-electron chi connectivity index (χ0n) is 17.3. The largest absolute Gasteiger partial charge is 0.484 e. The fourth-order valence-corrected chi connectivity index (χ4v) is 2.65. The number of amides is 1. The monoisotopic (exact) mass is 550 g/mol. The van der Waals surface area contributed by atoms with Crippen molar-refractivity contribution in [1.82, 2.24) is 16.0 Å². The maximum atomic E-state index is 12.3. The first-order valence-electron chi connectivity index (χ1n) is 9.35. The molecule has 0 saturated carbocycles. The van der Waals surface area contributed by atoms with E-state index in [1.165, 1.54) is 6.07 Å². The van der Waals surface area contributed by atoms with Gasteiger partial charge >= 0.3 is 6.18 Å². The van der Waals surface area contributed by atoms with E-state index in [-0.39, 0.29) is 35.6 Å². The number of ether oxygens (including phenoxy) is 1. The van der Waals surface area contributed by atoms with Crippen LogP contribution in [0, 0.1) is 0 Å². The van der Waals surface area contributed by atoms with Crippen LogP contribution in [0.5, 0.6) is 5.75 Å². The van der Waals surface area contributed by atoms with E-state index < -0.39 is 12.8 Å². The Bertz CT molecular complexity index is 876.